The second-order valence-electron chi connectivity index (χ2n) is 5.19. The maximum atomic E-state index is 13.4. The normalized spacial score (nSPS) is 21.1. The Labute approximate surface area is 118 Å². The number of hydrogen-bond acceptors (Lipinski definition) is 2. The summed E-state index contributed by atoms with van der Waals surface area (Å²) < 4.78 is 19.3. The van der Waals surface area contributed by atoms with Crippen LogP contribution in [0.25, 0.3) is 0 Å². The summed E-state index contributed by atoms with van der Waals surface area (Å²) in [6.45, 7) is 0. The van der Waals surface area contributed by atoms with Crippen molar-refractivity contribution >= 4 is 0 Å². The summed E-state index contributed by atoms with van der Waals surface area (Å²) in [5, 5.41) is 3.29. The summed E-state index contributed by atoms with van der Waals surface area (Å²) >= 11 is 0. The zero-order valence-corrected chi connectivity index (χ0v) is 11.5. The average Bonchev–Trinajstić information content (AvgIpc) is 2.47. The first-order chi connectivity index (χ1) is 9.76. The van der Waals surface area contributed by atoms with Crippen molar-refractivity contribution in [2.45, 2.75) is 25.0 Å². The zero-order valence-electron chi connectivity index (χ0n) is 11.5. The summed E-state index contributed by atoms with van der Waals surface area (Å²) in [6.07, 6.45) is 1.81. The number of benzene rings is 2. The van der Waals surface area contributed by atoms with Gasteiger partial charge in [-0.25, -0.2) is 4.39 Å². The summed E-state index contributed by atoms with van der Waals surface area (Å²) in [6, 6.07) is 15.3. The Kier molecular flexibility index (Phi) is 3.70. The molecule has 104 valence electrons. The van der Waals surface area contributed by atoms with Gasteiger partial charge in [0.05, 0.1) is 0 Å². The number of hydrogen-bond donors (Lipinski definition) is 1. The standard InChI is InChI=1S/C17H18FNO/c1-19-16-11-14(9-12-5-3-2-4-6-12)20-17-10-13(18)7-8-15(16)17/h2-8,10,14,16,19H,9,11H2,1H3. The van der Waals surface area contributed by atoms with Crippen molar-refractivity contribution in [3.8, 4) is 5.75 Å². The molecule has 1 aliphatic rings. The SMILES string of the molecule is CNC1CC(Cc2ccccc2)Oc2cc(F)ccc21. The molecule has 0 saturated carbocycles. The lowest BCUT2D eigenvalue weighted by Crippen LogP contribution is -2.32. The van der Waals surface area contributed by atoms with E-state index in [4.69, 9.17) is 4.74 Å². The van der Waals surface area contributed by atoms with Crippen molar-refractivity contribution in [3.63, 3.8) is 0 Å². The van der Waals surface area contributed by atoms with E-state index in [2.05, 4.69) is 17.4 Å². The molecule has 2 nitrogen and oxygen atoms in total. The first-order valence-electron chi connectivity index (χ1n) is 6.93. The van der Waals surface area contributed by atoms with E-state index in [9.17, 15) is 4.39 Å². The fraction of sp³-hybridized carbons (Fsp3) is 0.294. The van der Waals surface area contributed by atoms with Crippen molar-refractivity contribution in [1.82, 2.24) is 5.32 Å². The van der Waals surface area contributed by atoms with E-state index in [0.29, 0.717) is 5.75 Å². The number of nitrogens with one attached hydrogen (secondary N) is 1. The maximum absolute atomic E-state index is 13.4. The van der Waals surface area contributed by atoms with E-state index in [1.807, 2.05) is 31.3 Å². The van der Waals surface area contributed by atoms with Gasteiger partial charge < -0.3 is 10.1 Å². The molecule has 2 unspecified atom stereocenters. The molecule has 1 heterocycles. The molecule has 0 fully saturated rings. The van der Waals surface area contributed by atoms with Crippen molar-refractivity contribution in [2.75, 3.05) is 7.05 Å². The molecular weight excluding hydrogens is 253 g/mol. The molecular formula is C17H18FNO. The molecule has 3 heteroatoms. The molecule has 2 aromatic carbocycles. The van der Waals surface area contributed by atoms with E-state index in [-0.39, 0.29) is 18.0 Å². The van der Waals surface area contributed by atoms with E-state index in [1.54, 1.807) is 0 Å². The van der Waals surface area contributed by atoms with Gasteiger partial charge in [-0.15, -0.1) is 0 Å². The van der Waals surface area contributed by atoms with Crippen LogP contribution in [0.5, 0.6) is 5.75 Å². The largest absolute Gasteiger partial charge is 0.490 e. The molecule has 1 aliphatic heterocycles. The smallest absolute Gasteiger partial charge is 0.127 e. The predicted octanol–water partition coefficient (Wildman–Crippen LogP) is 3.48. The Hall–Kier alpha value is -1.87. The Morgan fingerprint density at radius 1 is 1.20 bits per heavy atom. The van der Waals surface area contributed by atoms with Crippen LogP contribution in [-0.2, 0) is 6.42 Å². The van der Waals surface area contributed by atoms with Crippen molar-refractivity contribution in [2.24, 2.45) is 0 Å². The first kappa shape index (κ1) is 13.1. The van der Waals surface area contributed by atoms with Crippen LogP contribution in [0.4, 0.5) is 4.39 Å². The van der Waals surface area contributed by atoms with Crippen LogP contribution in [-0.4, -0.2) is 13.2 Å². The Morgan fingerprint density at radius 3 is 2.75 bits per heavy atom. The lowest BCUT2D eigenvalue weighted by molar-refractivity contribution is 0.151. The Bertz CT molecular complexity index is 585. The molecule has 0 saturated heterocycles. The highest BCUT2D eigenvalue weighted by Gasteiger charge is 2.27. The van der Waals surface area contributed by atoms with Crippen LogP contribution in [0, 0.1) is 5.82 Å². The third-order valence-electron chi connectivity index (χ3n) is 3.80. The fourth-order valence-electron chi connectivity index (χ4n) is 2.79. The van der Waals surface area contributed by atoms with Crippen LogP contribution in [0.15, 0.2) is 48.5 Å². The van der Waals surface area contributed by atoms with E-state index in [0.717, 1.165) is 18.4 Å². The monoisotopic (exact) mass is 271 g/mol. The number of ether oxygens (including phenoxy) is 1. The molecule has 0 aromatic heterocycles. The van der Waals surface area contributed by atoms with Gasteiger partial charge in [0.1, 0.15) is 17.7 Å². The first-order valence-corrected chi connectivity index (χ1v) is 6.93. The second kappa shape index (κ2) is 5.63. The van der Waals surface area contributed by atoms with Crippen molar-refractivity contribution in [3.05, 3.63) is 65.5 Å². The highest BCUT2D eigenvalue weighted by atomic mass is 19.1. The lowest BCUT2D eigenvalue weighted by atomic mass is 9.93. The van der Waals surface area contributed by atoms with Crippen molar-refractivity contribution < 1.29 is 9.13 Å². The van der Waals surface area contributed by atoms with Gasteiger partial charge in [-0.05, 0) is 18.7 Å². The molecule has 0 amide bonds. The highest BCUT2D eigenvalue weighted by molar-refractivity contribution is 5.38. The van der Waals surface area contributed by atoms with Crippen LogP contribution in [0.1, 0.15) is 23.6 Å². The number of fused-ring (bicyclic) bond motifs is 1. The van der Waals surface area contributed by atoms with E-state index in [1.165, 1.54) is 17.7 Å². The summed E-state index contributed by atoms with van der Waals surface area (Å²) in [4.78, 5) is 0. The van der Waals surface area contributed by atoms with Crippen LogP contribution in [0.3, 0.4) is 0 Å². The third kappa shape index (κ3) is 2.68. The number of halogens is 1. The minimum atomic E-state index is -0.251. The zero-order chi connectivity index (χ0) is 13.9. The molecule has 2 atom stereocenters. The van der Waals surface area contributed by atoms with Gasteiger partial charge in [-0.2, -0.15) is 0 Å². The average molecular weight is 271 g/mol. The van der Waals surface area contributed by atoms with Gasteiger partial charge in [-0.3, -0.25) is 0 Å². The van der Waals surface area contributed by atoms with E-state index >= 15 is 0 Å². The van der Waals surface area contributed by atoms with Gasteiger partial charge in [0.2, 0.25) is 0 Å². The Balaban J connectivity index is 1.83. The van der Waals surface area contributed by atoms with Crippen molar-refractivity contribution in [1.29, 1.82) is 0 Å². The van der Waals surface area contributed by atoms with E-state index < -0.39 is 0 Å². The van der Waals surface area contributed by atoms with Gasteiger partial charge >= 0.3 is 0 Å². The summed E-state index contributed by atoms with van der Waals surface area (Å²) in [7, 11) is 1.93. The van der Waals surface area contributed by atoms with Gasteiger partial charge in [0, 0.05) is 30.5 Å². The molecule has 0 bridgehead atoms. The van der Waals surface area contributed by atoms with Crippen LogP contribution >= 0.6 is 0 Å². The molecule has 0 radical (unpaired) electrons. The minimum Gasteiger partial charge on any atom is -0.490 e. The Morgan fingerprint density at radius 2 is 2.00 bits per heavy atom. The molecule has 0 aliphatic carbocycles. The van der Waals surface area contributed by atoms with Crippen LogP contribution in [0.2, 0.25) is 0 Å². The van der Waals surface area contributed by atoms with Gasteiger partial charge in [0.15, 0.2) is 0 Å². The molecule has 0 spiro atoms. The number of rotatable bonds is 3. The molecule has 3 rings (SSSR count). The minimum absolute atomic E-state index is 0.0733. The quantitative estimate of drug-likeness (QED) is 0.922. The predicted molar refractivity (Wildman–Crippen MR) is 77.4 cm³/mol. The highest BCUT2D eigenvalue weighted by Crippen LogP contribution is 2.35. The molecule has 1 N–H and O–H groups in total. The van der Waals surface area contributed by atoms with Gasteiger partial charge in [-0.1, -0.05) is 36.4 Å². The topological polar surface area (TPSA) is 21.3 Å². The second-order valence-corrected chi connectivity index (χ2v) is 5.19. The maximum Gasteiger partial charge on any atom is 0.127 e. The third-order valence-corrected chi connectivity index (χ3v) is 3.80. The van der Waals surface area contributed by atoms with Crippen LogP contribution < -0.4 is 10.1 Å². The summed E-state index contributed by atoms with van der Waals surface area (Å²) in [5.74, 6) is 0.412. The van der Waals surface area contributed by atoms with Gasteiger partial charge in [0.25, 0.3) is 0 Å². The lowest BCUT2D eigenvalue weighted by Gasteiger charge is -2.32. The summed E-state index contributed by atoms with van der Waals surface area (Å²) in [5.41, 5.74) is 2.28. The fourth-order valence-corrected chi connectivity index (χ4v) is 2.79. The molecule has 20 heavy (non-hydrogen) atoms. The molecule has 2 aromatic rings.